The van der Waals surface area contributed by atoms with Gasteiger partial charge in [0.2, 0.25) is 23.5 Å². The molecule has 5 atom stereocenters. The Morgan fingerprint density at radius 3 is 2.06 bits per heavy atom. The SMILES string of the molecule is CCC(NC(=O)[C@H](CC1CCCCC1)NC(=O)[C@@H](NC(=O)[C@H](CC(C)C)NC(=O)c1cnccn1)[C@@H](C)CC)C(=O)C(=O)NCC(=O)NS(=O)(=O)c1cc(C(F)(F)F)ccc1Cl. The second kappa shape index (κ2) is 23.3. The van der Waals surface area contributed by atoms with Crippen LogP contribution in [0, 0.1) is 17.8 Å². The quantitative estimate of drug-likeness (QED) is 0.0991. The van der Waals surface area contributed by atoms with E-state index in [4.69, 9.17) is 11.6 Å². The van der Waals surface area contributed by atoms with Gasteiger partial charge in [-0.2, -0.15) is 13.2 Å². The highest BCUT2D eigenvalue weighted by atomic mass is 35.5. The number of aromatic nitrogens is 2. The van der Waals surface area contributed by atoms with Crippen molar-refractivity contribution in [3.05, 3.63) is 53.1 Å². The normalized spacial score (nSPS) is 15.8. The van der Waals surface area contributed by atoms with E-state index in [2.05, 4.69) is 31.2 Å². The zero-order chi connectivity index (χ0) is 46.4. The molecule has 0 bridgehead atoms. The molecule has 0 saturated heterocycles. The number of hydrogen-bond donors (Lipinski definition) is 6. The summed E-state index contributed by atoms with van der Waals surface area (Å²) in [6.45, 7) is 7.63. The van der Waals surface area contributed by atoms with Crippen LogP contribution in [0.3, 0.4) is 0 Å². The first-order chi connectivity index (χ1) is 29.1. The summed E-state index contributed by atoms with van der Waals surface area (Å²) < 4.78 is 66.4. The third kappa shape index (κ3) is 15.3. The van der Waals surface area contributed by atoms with Crippen molar-refractivity contribution >= 4 is 62.9 Å². The Balaban J connectivity index is 1.74. The lowest BCUT2D eigenvalue weighted by Crippen LogP contribution is -2.60. The highest BCUT2D eigenvalue weighted by Crippen LogP contribution is 2.33. The molecule has 1 saturated carbocycles. The average molecular weight is 915 g/mol. The second-order valence-electron chi connectivity index (χ2n) is 15.6. The van der Waals surface area contributed by atoms with Gasteiger partial charge in [-0.05, 0) is 55.2 Å². The fourth-order valence-corrected chi connectivity index (χ4v) is 8.23. The monoisotopic (exact) mass is 914 g/mol. The van der Waals surface area contributed by atoms with Crippen LogP contribution < -0.4 is 31.3 Å². The molecule has 0 radical (unpaired) electrons. The Morgan fingerprint density at radius 1 is 0.839 bits per heavy atom. The fourth-order valence-electron chi connectivity index (χ4n) is 6.71. The molecule has 1 aliphatic carbocycles. The van der Waals surface area contributed by atoms with Crippen LogP contribution in [-0.2, 0) is 45.0 Å². The molecule has 0 aliphatic heterocycles. The summed E-state index contributed by atoms with van der Waals surface area (Å²) in [4.78, 5) is 100. The molecular formula is C40H54ClF3N8O9S. The van der Waals surface area contributed by atoms with Crippen LogP contribution in [0.1, 0.15) is 108 Å². The van der Waals surface area contributed by atoms with Crippen LogP contribution in [0.2, 0.25) is 5.02 Å². The van der Waals surface area contributed by atoms with E-state index in [1.54, 1.807) is 6.92 Å². The molecule has 6 N–H and O–H groups in total. The van der Waals surface area contributed by atoms with E-state index in [1.165, 1.54) is 30.2 Å². The van der Waals surface area contributed by atoms with Crippen molar-refractivity contribution in [1.82, 2.24) is 41.3 Å². The maximum Gasteiger partial charge on any atom is 0.416 e. The minimum atomic E-state index is -4.96. The van der Waals surface area contributed by atoms with Crippen LogP contribution in [0.15, 0.2) is 41.7 Å². The van der Waals surface area contributed by atoms with E-state index < -0.39 is 110 Å². The van der Waals surface area contributed by atoms with E-state index in [-0.39, 0.29) is 42.9 Å². The summed E-state index contributed by atoms with van der Waals surface area (Å²) in [5.74, 6) is -7.29. The van der Waals surface area contributed by atoms with Crippen molar-refractivity contribution in [2.75, 3.05) is 6.54 Å². The number of alkyl halides is 3. The van der Waals surface area contributed by atoms with Gasteiger partial charge in [-0.3, -0.25) is 38.5 Å². The molecular weight excluding hydrogens is 861 g/mol. The minimum absolute atomic E-state index is 0.0117. The number of nitrogens with zero attached hydrogens (tertiary/aromatic N) is 2. The highest BCUT2D eigenvalue weighted by Gasteiger charge is 2.37. The Kier molecular flexibility index (Phi) is 19.2. The summed E-state index contributed by atoms with van der Waals surface area (Å²) in [6.07, 6.45) is 4.07. The Morgan fingerprint density at radius 2 is 1.48 bits per heavy atom. The predicted molar refractivity (Wildman–Crippen MR) is 219 cm³/mol. The largest absolute Gasteiger partial charge is 0.416 e. The number of sulfonamides is 1. The van der Waals surface area contributed by atoms with Crippen LogP contribution in [0.4, 0.5) is 13.2 Å². The third-order valence-electron chi connectivity index (χ3n) is 10.3. The van der Waals surface area contributed by atoms with Gasteiger partial charge in [0.15, 0.2) is 0 Å². The smallest absolute Gasteiger partial charge is 0.344 e. The van der Waals surface area contributed by atoms with Crippen molar-refractivity contribution in [3.63, 3.8) is 0 Å². The number of carbonyl (C=O) groups excluding carboxylic acids is 7. The fraction of sp³-hybridized carbons (Fsp3) is 0.575. The van der Waals surface area contributed by atoms with E-state index in [0.29, 0.717) is 18.6 Å². The number of ketones is 1. The number of rotatable bonds is 21. The van der Waals surface area contributed by atoms with Crippen LogP contribution in [0.5, 0.6) is 0 Å². The molecule has 6 amide bonds. The Labute approximate surface area is 363 Å². The standard InChI is InChI=1S/C40H54ClF3N8O9S/c1-6-23(5)33(51-36(56)28(17-22(3)4)49-37(57)30-20-45-15-16-46-30)38(58)50-29(18-24-11-9-8-10-12-24)35(55)48-27(7-2)34(54)39(59)47-21-32(53)52-62(60,61)31-19-25(40(42,43)44)13-14-26(31)41/h13-16,19-20,22-24,27-29,33H,6-12,17-18,21H2,1-5H3,(H,47,59)(H,48,55)(H,49,57)(H,50,58)(H,51,56)(H,52,53)/t23-,27?,28-,29-,33-/m0/s1. The molecule has 1 aromatic heterocycles. The molecule has 1 unspecified atom stereocenters. The predicted octanol–water partition coefficient (Wildman–Crippen LogP) is 3.36. The van der Waals surface area contributed by atoms with Gasteiger partial charge < -0.3 is 26.6 Å². The van der Waals surface area contributed by atoms with Gasteiger partial charge in [-0.1, -0.05) is 84.7 Å². The van der Waals surface area contributed by atoms with Gasteiger partial charge >= 0.3 is 6.18 Å². The summed E-state index contributed by atoms with van der Waals surface area (Å²) in [5.41, 5.74) is -1.36. The first-order valence-electron chi connectivity index (χ1n) is 20.3. The van der Waals surface area contributed by atoms with Crippen molar-refractivity contribution in [2.24, 2.45) is 17.8 Å². The highest BCUT2D eigenvalue weighted by molar-refractivity contribution is 7.90. The van der Waals surface area contributed by atoms with Crippen LogP contribution in [0.25, 0.3) is 0 Å². The first-order valence-corrected chi connectivity index (χ1v) is 22.2. The molecule has 1 aromatic carbocycles. The van der Waals surface area contributed by atoms with Crippen molar-refractivity contribution in [1.29, 1.82) is 0 Å². The Hall–Kier alpha value is -5.18. The lowest BCUT2D eigenvalue weighted by Gasteiger charge is -2.31. The lowest BCUT2D eigenvalue weighted by atomic mass is 9.84. The number of carbonyl (C=O) groups is 7. The van der Waals surface area contributed by atoms with Crippen molar-refractivity contribution in [2.45, 2.75) is 128 Å². The van der Waals surface area contributed by atoms with E-state index in [0.717, 1.165) is 32.1 Å². The summed E-state index contributed by atoms with van der Waals surface area (Å²) in [5, 5.41) is 12.0. The topological polar surface area (TPSA) is 252 Å². The Bertz CT molecular complexity index is 2040. The van der Waals surface area contributed by atoms with Crippen LogP contribution >= 0.6 is 11.6 Å². The zero-order valence-electron chi connectivity index (χ0n) is 35.1. The molecule has 342 valence electrons. The molecule has 62 heavy (non-hydrogen) atoms. The molecule has 1 fully saturated rings. The molecule has 17 nitrogen and oxygen atoms in total. The van der Waals surface area contributed by atoms with Gasteiger partial charge in [0.1, 0.15) is 28.7 Å². The molecule has 0 spiro atoms. The minimum Gasteiger partial charge on any atom is -0.344 e. The molecule has 22 heteroatoms. The summed E-state index contributed by atoms with van der Waals surface area (Å²) in [6, 6.07) is -3.45. The summed E-state index contributed by atoms with van der Waals surface area (Å²) >= 11 is 5.79. The number of halogens is 4. The van der Waals surface area contributed by atoms with Gasteiger partial charge in [0.05, 0.1) is 29.4 Å². The second-order valence-corrected chi connectivity index (χ2v) is 17.7. The van der Waals surface area contributed by atoms with Gasteiger partial charge in [-0.25, -0.2) is 18.1 Å². The molecule has 3 rings (SSSR count). The maximum atomic E-state index is 14.1. The van der Waals surface area contributed by atoms with Crippen molar-refractivity contribution < 1.29 is 55.2 Å². The van der Waals surface area contributed by atoms with Crippen molar-refractivity contribution in [3.8, 4) is 0 Å². The number of amides is 6. The van der Waals surface area contributed by atoms with E-state index in [9.17, 15) is 55.2 Å². The summed E-state index contributed by atoms with van der Waals surface area (Å²) in [7, 11) is -4.96. The number of hydrogen-bond acceptors (Lipinski definition) is 11. The number of nitrogens with one attached hydrogen (secondary N) is 6. The van der Waals surface area contributed by atoms with E-state index >= 15 is 0 Å². The van der Waals surface area contributed by atoms with Crippen LogP contribution in [-0.4, -0.2) is 90.3 Å². The third-order valence-corrected chi connectivity index (χ3v) is 12.2. The number of benzene rings is 1. The average Bonchev–Trinajstić information content (AvgIpc) is 3.22. The first kappa shape index (κ1) is 51.2. The zero-order valence-corrected chi connectivity index (χ0v) is 36.6. The lowest BCUT2D eigenvalue weighted by molar-refractivity contribution is -0.141. The van der Waals surface area contributed by atoms with Gasteiger partial charge in [0, 0.05) is 12.4 Å². The number of Topliss-reactive ketones (excluding diaryl/α,β-unsaturated/α-hetero) is 1. The molecule has 2 aromatic rings. The maximum absolute atomic E-state index is 14.1. The molecule has 1 heterocycles. The van der Waals surface area contributed by atoms with Gasteiger partial charge in [0.25, 0.3) is 27.7 Å². The van der Waals surface area contributed by atoms with Gasteiger partial charge in [-0.15, -0.1) is 0 Å². The molecule has 1 aliphatic rings. The van der Waals surface area contributed by atoms with E-state index in [1.807, 2.05) is 26.1 Å².